The van der Waals surface area contributed by atoms with Gasteiger partial charge in [0.05, 0.1) is 30.1 Å². The highest BCUT2D eigenvalue weighted by molar-refractivity contribution is 8.06. The minimum atomic E-state index is -3.81. The molecule has 1 saturated heterocycles. The Labute approximate surface area is 177 Å². The number of nitrogens with zero attached hydrogens (tertiary/aromatic N) is 4. The van der Waals surface area contributed by atoms with Crippen LogP contribution in [0.25, 0.3) is 0 Å². The molecular formula is C19H29N5O5S. The summed E-state index contributed by atoms with van der Waals surface area (Å²) in [6.07, 6.45) is -0.604. The van der Waals surface area contributed by atoms with Gasteiger partial charge in [-0.1, -0.05) is 18.2 Å². The zero-order chi connectivity index (χ0) is 22.1. The lowest BCUT2D eigenvalue weighted by Crippen LogP contribution is -2.50. The summed E-state index contributed by atoms with van der Waals surface area (Å²) in [4.78, 5) is 13.6. The zero-order valence-corrected chi connectivity index (χ0v) is 18.7. The first kappa shape index (κ1) is 22.5. The summed E-state index contributed by atoms with van der Waals surface area (Å²) in [5.74, 6) is -1.36. The van der Waals surface area contributed by atoms with Crippen LogP contribution in [0.2, 0.25) is 0 Å². The standard InChI is InChI=1S/C19H29N5O5S/c1-19(2)28-15(12-17(25)22(3)4)11-16(29-19)13-30(26,27)18-20-23(5)21-24(18)14-9-7-6-8-10-14/h6-10,15-16,21H,11-13H2,1-5H3. The quantitative estimate of drug-likeness (QED) is 0.723. The summed E-state index contributed by atoms with van der Waals surface area (Å²) in [5, 5.41) is 6.80. The van der Waals surface area contributed by atoms with Crippen LogP contribution in [0.5, 0.6) is 0 Å². The Balaban J connectivity index is 1.77. The van der Waals surface area contributed by atoms with Crippen molar-refractivity contribution in [2.24, 2.45) is 5.10 Å². The van der Waals surface area contributed by atoms with Crippen LogP contribution in [0.1, 0.15) is 26.7 Å². The van der Waals surface area contributed by atoms with Gasteiger partial charge in [0, 0.05) is 27.6 Å². The van der Waals surface area contributed by atoms with Crippen LogP contribution in [0.4, 0.5) is 5.69 Å². The van der Waals surface area contributed by atoms with Crippen molar-refractivity contribution in [3.8, 4) is 0 Å². The number of amidine groups is 1. The summed E-state index contributed by atoms with van der Waals surface area (Å²) < 4.78 is 38.2. The van der Waals surface area contributed by atoms with Crippen LogP contribution in [0.15, 0.2) is 35.4 Å². The van der Waals surface area contributed by atoms with Crippen molar-refractivity contribution in [1.29, 1.82) is 0 Å². The first-order valence-corrected chi connectivity index (χ1v) is 11.3. The summed E-state index contributed by atoms with van der Waals surface area (Å²) in [6.45, 7) is 3.44. The van der Waals surface area contributed by atoms with Crippen LogP contribution in [-0.4, -0.2) is 74.4 Å². The van der Waals surface area contributed by atoms with Gasteiger partial charge in [0.15, 0.2) is 5.79 Å². The number of carbonyl (C=O) groups is 1. The third-order valence-corrected chi connectivity index (χ3v) is 6.33. The van der Waals surface area contributed by atoms with Crippen molar-refractivity contribution in [2.75, 3.05) is 31.9 Å². The molecule has 0 spiro atoms. The topological polar surface area (TPSA) is 104 Å². The fourth-order valence-corrected chi connectivity index (χ4v) is 4.99. The molecule has 3 rings (SSSR count). The van der Waals surface area contributed by atoms with E-state index >= 15 is 0 Å². The molecule has 11 heteroatoms. The summed E-state index contributed by atoms with van der Waals surface area (Å²) in [5.41, 5.74) is 3.54. The van der Waals surface area contributed by atoms with E-state index in [2.05, 4.69) is 10.6 Å². The van der Waals surface area contributed by atoms with Gasteiger partial charge in [-0.2, -0.15) is 0 Å². The SMILES string of the molecule is CN1N=C(S(=O)(=O)CC2CC(CC(=O)N(C)C)OC(C)(C)O2)N(c2ccccc2)N1. The lowest BCUT2D eigenvalue weighted by atomic mass is 10.1. The second kappa shape index (κ2) is 8.50. The molecule has 1 fully saturated rings. The fraction of sp³-hybridized carbons (Fsp3) is 0.579. The van der Waals surface area contributed by atoms with E-state index in [9.17, 15) is 13.2 Å². The lowest BCUT2D eigenvalue weighted by molar-refractivity contribution is -0.294. The molecule has 1 N–H and O–H groups in total. The molecular weight excluding hydrogens is 410 g/mol. The molecule has 1 amide bonds. The molecule has 2 atom stereocenters. The van der Waals surface area contributed by atoms with Crippen molar-refractivity contribution in [3.05, 3.63) is 30.3 Å². The largest absolute Gasteiger partial charge is 0.349 e. The van der Waals surface area contributed by atoms with E-state index in [1.165, 1.54) is 15.0 Å². The van der Waals surface area contributed by atoms with Crippen molar-refractivity contribution >= 4 is 26.6 Å². The van der Waals surface area contributed by atoms with Gasteiger partial charge >= 0.3 is 0 Å². The number of ether oxygens (including phenoxy) is 2. The van der Waals surface area contributed by atoms with E-state index in [1.807, 2.05) is 18.2 Å². The predicted molar refractivity (Wildman–Crippen MR) is 113 cm³/mol. The zero-order valence-electron chi connectivity index (χ0n) is 17.9. The summed E-state index contributed by atoms with van der Waals surface area (Å²) in [7, 11) is 1.16. The van der Waals surface area contributed by atoms with Crippen LogP contribution in [0, 0.1) is 0 Å². The van der Waals surface area contributed by atoms with E-state index in [0.29, 0.717) is 12.1 Å². The number of para-hydroxylation sites is 1. The number of anilines is 1. The van der Waals surface area contributed by atoms with Crippen molar-refractivity contribution in [2.45, 2.75) is 44.7 Å². The number of hydrogen-bond donors (Lipinski definition) is 1. The second-order valence-electron chi connectivity index (χ2n) is 8.07. The number of hydrazone groups is 1. The van der Waals surface area contributed by atoms with E-state index in [4.69, 9.17) is 9.47 Å². The number of hydrogen-bond acceptors (Lipinski definition) is 9. The maximum Gasteiger partial charge on any atom is 0.263 e. The molecule has 0 saturated carbocycles. The monoisotopic (exact) mass is 439 g/mol. The molecule has 0 aromatic heterocycles. The second-order valence-corrected chi connectivity index (χ2v) is 9.99. The van der Waals surface area contributed by atoms with Crippen LogP contribution >= 0.6 is 0 Å². The van der Waals surface area contributed by atoms with Gasteiger partial charge in [-0.3, -0.25) is 4.79 Å². The van der Waals surface area contributed by atoms with Gasteiger partial charge in [-0.15, -0.1) is 10.6 Å². The fourth-order valence-electron chi connectivity index (χ4n) is 3.47. The van der Waals surface area contributed by atoms with Gasteiger partial charge in [0.1, 0.15) is 0 Å². The predicted octanol–water partition coefficient (Wildman–Crippen LogP) is 0.932. The Bertz CT molecular complexity index is 903. The third-order valence-electron chi connectivity index (χ3n) is 4.70. The number of benzene rings is 1. The van der Waals surface area contributed by atoms with Crippen LogP contribution in [-0.2, 0) is 24.1 Å². The van der Waals surface area contributed by atoms with Crippen molar-refractivity contribution in [3.63, 3.8) is 0 Å². The average Bonchev–Trinajstić information content (AvgIpc) is 3.03. The first-order chi connectivity index (χ1) is 14.0. The number of carbonyl (C=O) groups excluding carboxylic acids is 1. The summed E-state index contributed by atoms with van der Waals surface area (Å²) in [6, 6.07) is 9.05. The molecule has 10 nitrogen and oxygen atoms in total. The number of nitrogens with one attached hydrogen (secondary N) is 1. The lowest BCUT2D eigenvalue weighted by Gasteiger charge is -2.40. The smallest absolute Gasteiger partial charge is 0.263 e. The highest BCUT2D eigenvalue weighted by Gasteiger charge is 2.41. The number of rotatable bonds is 5. The molecule has 1 aromatic carbocycles. The van der Waals surface area contributed by atoms with E-state index < -0.39 is 27.8 Å². The molecule has 2 heterocycles. The molecule has 1 aromatic rings. The van der Waals surface area contributed by atoms with Crippen molar-refractivity contribution in [1.82, 2.24) is 15.6 Å². The van der Waals surface area contributed by atoms with Gasteiger partial charge in [0.2, 0.25) is 15.7 Å². The Morgan fingerprint density at radius 2 is 1.87 bits per heavy atom. The van der Waals surface area contributed by atoms with Gasteiger partial charge in [-0.25, -0.2) is 18.5 Å². The van der Waals surface area contributed by atoms with Crippen molar-refractivity contribution < 1.29 is 22.7 Å². The molecule has 2 aliphatic heterocycles. The van der Waals surface area contributed by atoms with Crippen LogP contribution in [0.3, 0.4) is 0 Å². The minimum absolute atomic E-state index is 0.0828. The van der Waals surface area contributed by atoms with E-state index in [-0.39, 0.29) is 23.2 Å². The maximum atomic E-state index is 13.2. The average molecular weight is 440 g/mol. The molecule has 2 unspecified atom stereocenters. The van der Waals surface area contributed by atoms with Crippen LogP contribution < -0.4 is 10.5 Å². The number of sulfone groups is 1. The van der Waals surface area contributed by atoms with E-state index in [1.54, 1.807) is 47.1 Å². The minimum Gasteiger partial charge on any atom is -0.349 e. The molecule has 0 radical (unpaired) electrons. The Kier molecular flexibility index (Phi) is 6.37. The number of hydrazine groups is 2. The van der Waals surface area contributed by atoms with Gasteiger partial charge < -0.3 is 14.4 Å². The Morgan fingerprint density at radius 3 is 2.50 bits per heavy atom. The highest BCUT2D eigenvalue weighted by Crippen LogP contribution is 2.30. The summed E-state index contributed by atoms with van der Waals surface area (Å²) >= 11 is 0. The molecule has 166 valence electrons. The highest BCUT2D eigenvalue weighted by atomic mass is 32.2. The molecule has 0 aliphatic carbocycles. The van der Waals surface area contributed by atoms with Gasteiger partial charge in [-0.05, 0) is 26.0 Å². The molecule has 2 aliphatic rings. The Hall–Kier alpha value is -2.21. The normalized spacial score (nSPS) is 24.0. The molecule has 0 bridgehead atoms. The maximum absolute atomic E-state index is 13.2. The van der Waals surface area contributed by atoms with E-state index in [0.717, 1.165) is 0 Å². The number of amides is 1. The Morgan fingerprint density at radius 1 is 1.23 bits per heavy atom. The molecule has 30 heavy (non-hydrogen) atoms. The third kappa shape index (κ3) is 5.28. The van der Waals surface area contributed by atoms with Gasteiger partial charge in [0.25, 0.3) is 5.17 Å². The first-order valence-electron chi connectivity index (χ1n) is 9.69.